The van der Waals surface area contributed by atoms with Gasteiger partial charge in [-0.15, -0.1) is 0 Å². The minimum absolute atomic E-state index is 0.0215. The van der Waals surface area contributed by atoms with Gasteiger partial charge in [-0.25, -0.2) is 9.97 Å². The van der Waals surface area contributed by atoms with E-state index in [1.807, 2.05) is 0 Å². The summed E-state index contributed by atoms with van der Waals surface area (Å²) in [5, 5.41) is 4.73. The first-order chi connectivity index (χ1) is 27.5. The van der Waals surface area contributed by atoms with Gasteiger partial charge in [0.2, 0.25) is 5.95 Å². The molecule has 0 amide bonds. The van der Waals surface area contributed by atoms with Crippen LogP contribution in [0.25, 0.3) is 88.7 Å². The molecule has 266 valence electrons. The summed E-state index contributed by atoms with van der Waals surface area (Å²) in [6, 6.07) is 57.5. The molecule has 0 saturated heterocycles. The third-order valence-corrected chi connectivity index (χ3v) is 12.0. The van der Waals surface area contributed by atoms with Gasteiger partial charge in [-0.1, -0.05) is 159 Å². The third-order valence-electron chi connectivity index (χ3n) is 12.0. The van der Waals surface area contributed by atoms with E-state index < -0.39 is 0 Å². The predicted octanol–water partition coefficient (Wildman–Crippen LogP) is 13.8. The van der Waals surface area contributed by atoms with Crippen LogP contribution in [0.3, 0.4) is 0 Å². The molecule has 0 aliphatic heterocycles. The van der Waals surface area contributed by atoms with Gasteiger partial charge in [-0.2, -0.15) is 0 Å². The van der Waals surface area contributed by atoms with E-state index in [2.05, 4.69) is 194 Å². The number of para-hydroxylation sites is 1. The van der Waals surface area contributed by atoms with Crippen molar-refractivity contribution in [2.75, 3.05) is 0 Å². The van der Waals surface area contributed by atoms with E-state index in [0.717, 1.165) is 46.4 Å². The van der Waals surface area contributed by atoms with Gasteiger partial charge < -0.3 is 0 Å². The predicted molar refractivity (Wildman–Crippen MR) is 234 cm³/mol. The lowest BCUT2D eigenvalue weighted by Crippen LogP contribution is -2.14. The summed E-state index contributed by atoms with van der Waals surface area (Å²) < 4.78 is 2.31. The molecule has 0 spiro atoms. The molecule has 2 heterocycles. The second kappa shape index (κ2) is 12.6. The van der Waals surface area contributed by atoms with Crippen LogP contribution in [-0.2, 0) is 5.41 Å². The van der Waals surface area contributed by atoms with Crippen LogP contribution in [0.5, 0.6) is 0 Å². The van der Waals surface area contributed by atoms with Crippen molar-refractivity contribution in [1.29, 1.82) is 0 Å². The van der Waals surface area contributed by atoms with Crippen molar-refractivity contribution >= 4 is 38.2 Å². The van der Waals surface area contributed by atoms with E-state index in [-0.39, 0.29) is 5.41 Å². The molecule has 11 rings (SSSR count). The van der Waals surface area contributed by atoms with E-state index >= 15 is 0 Å². The van der Waals surface area contributed by atoms with E-state index in [1.54, 1.807) is 0 Å². The van der Waals surface area contributed by atoms with Gasteiger partial charge in [0.05, 0.1) is 22.4 Å². The number of allylic oxidation sites excluding steroid dienone is 4. The fraction of sp³-hybridized carbons (Fsp3) is 0.0943. The number of fused-ring (bicyclic) bond motifs is 8. The summed E-state index contributed by atoms with van der Waals surface area (Å²) in [6.07, 6.45) is 8.81. The summed E-state index contributed by atoms with van der Waals surface area (Å²) in [7, 11) is 0. The zero-order chi connectivity index (χ0) is 37.4. The zero-order valence-corrected chi connectivity index (χ0v) is 31.5. The van der Waals surface area contributed by atoms with Gasteiger partial charge in [-0.05, 0) is 98.6 Å². The maximum Gasteiger partial charge on any atom is 0.235 e. The van der Waals surface area contributed by atoms with Crippen LogP contribution in [0.2, 0.25) is 0 Å². The first-order valence-electron chi connectivity index (χ1n) is 19.6. The summed E-state index contributed by atoms with van der Waals surface area (Å²) in [6.45, 7) is 4.68. The average molecular weight is 718 g/mol. The lowest BCUT2D eigenvalue weighted by atomic mass is 9.82. The minimum Gasteiger partial charge on any atom is -0.277 e. The Labute approximate surface area is 327 Å². The van der Waals surface area contributed by atoms with E-state index in [4.69, 9.17) is 9.97 Å². The first-order valence-corrected chi connectivity index (χ1v) is 19.6. The fourth-order valence-electron chi connectivity index (χ4n) is 9.28. The average Bonchev–Trinajstić information content (AvgIpc) is 3.73. The molecule has 0 unspecified atom stereocenters. The van der Waals surface area contributed by atoms with Crippen molar-refractivity contribution in [3.63, 3.8) is 0 Å². The Morgan fingerprint density at radius 3 is 2.11 bits per heavy atom. The van der Waals surface area contributed by atoms with Crippen molar-refractivity contribution in [3.8, 4) is 50.6 Å². The van der Waals surface area contributed by atoms with Crippen molar-refractivity contribution in [1.82, 2.24) is 14.5 Å². The Bertz CT molecular complexity index is 3100. The van der Waals surface area contributed by atoms with Crippen LogP contribution < -0.4 is 0 Å². The molecule has 56 heavy (non-hydrogen) atoms. The van der Waals surface area contributed by atoms with Crippen LogP contribution in [0.1, 0.15) is 43.5 Å². The molecule has 0 bridgehead atoms. The van der Waals surface area contributed by atoms with E-state index in [1.165, 1.54) is 66.1 Å². The highest BCUT2D eigenvalue weighted by Gasteiger charge is 2.35. The minimum atomic E-state index is -0.0215. The molecule has 7 aromatic carbocycles. The quantitative estimate of drug-likeness (QED) is 0.177. The number of aromatic nitrogens is 3. The first kappa shape index (κ1) is 32.6. The second-order valence-corrected chi connectivity index (χ2v) is 15.7. The van der Waals surface area contributed by atoms with Gasteiger partial charge in [0.1, 0.15) is 0 Å². The summed E-state index contributed by atoms with van der Waals surface area (Å²) in [5.41, 5.74) is 16.5. The maximum absolute atomic E-state index is 5.38. The number of hydrogen-bond acceptors (Lipinski definition) is 2. The van der Waals surface area contributed by atoms with Crippen LogP contribution in [0.4, 0.5) is 0 Å². The molecular weight excluding hydrogens is 679 g/mol. The van der Waals surface area contributed by atoms with Gasteiger partial charge in [-0.3, -0.25) is 4.57 Å². The molecule has 0 radical (unpaired) electrons. The third kappa shape index (κ3) is 5.04. The Balaban J connectivity index is 1.16. The van der Waals surface area contributed by atoms with E-state index in [0.29, 0.717) is 5.95 Å². The standard InChI is InChI=1S/C53H39N3/c1-53(2)45-26-13-11-24-41(45)44-31-37(28-29-46(44)53)36-21-15-22-38(30-36)43-32-39-20-9-10-23-40(39)51-50(43)42-25-12-14-27-49(42)56(51)52-54-47(34-16-5-3-6-17-34)33-48(55-52)35-18-7-4-8-19-35/h3,5-7,9-33H,4,8H2,1-2H3. The molecule has 9 aromatic rings. The normalized spacial score (nSPS) is 14.3. The Morgan fingerprint density at radius 2 is 1.23 bits per heavy atom. The topological polar surface area (TPSA) is 30.7 Å². The number of hydrogen-bond donors (Lipinski definition) is 0. The molecule has 2 aliphatic rings. The highest BCUT2D eigenvalue weighted by molar-refractivity contribution is 6.24. The fourth-order valence-corrected chi connectivity index (χ4v) is 9.28. The number of nitrogens with zero attached hydrogens (tertiary/aromatic N) is 3. The van der Waals surface area contributed by atoms with Crippen molar-refractivity contribution in [2.45, 2.75) is 32.1 Å². The highest BCUT2D eigenvalue weighted by Crippen LogP contribution is 2.50. The second-order valence-electron chi connectivity index (χ2n) is 15.7. The smallest absolute Gasteiger partial charge is 0.235 e. The van der Waals surface area contributed by atoms with Gasteiger partial charge in [0, 0.05) is 27.1 Å². The molecule has 0 fully saturated rings. The van der Waals surface area contributed by atoms with Crippen LogP contribution in [0.15, 0.2) is 176 Å². The van der Waals surface area contributed by atoms with Gasteiger partial charge >= 0.3 is 0 Å². The largest absolute Gasteiger partial charge is 0.277 e. The summed E-state index contributed by atoms with van der Waals surface area (Å²) >= 11 is 0. The Kier molecular flexibility index (Phi) is 7.34. The number of benzene rings is 7. The molecule has 2 aromatic heterocycles. The van der Waals surface area contributed by atoms with Crippen LogP contribution >= 0.6 is 0 Å². The van der Waals surface area contributed by atoms with Gasteiger partial charge in [0.15, 0.2) is 0 Å². The van der Waals surface area contributed by atoms with Crippen molar-refractivity contribution < 1.29 is 0 Å². The van der Waals surface area contributed by atoms with E-state index in [9.17, 15) is 0 Å². The van der Waals surface area contributed by atoms with Crippen LogP contribution in [-0.4, -0.2) is 14.5 Å². The summed E-state index contributed by atoms with van der Waals surface area (Å²) in [5.74, 6) is 0.671. The molecule has 0 N–H and O–H groups in total. The lowest BCUT2D eigenvalue weighted by molar-refractivity contribution is 0.660. The van der Waals surface area contributed by atoms with Crippen molar-refractivity contribution in [3.05, 3.63) is 193 Å². The van der Waals surface area contributed by atoms with Crippen LogP contribution in [0, 0.1) is 0 Å². The molecule has 0 saturated carbocycles. The van der Waals surface area contributed by atoms with Crippen molar-refractivity contribution in [2.24, 2.45) is 0 Å². The molecule has 3 heteroatoms. The molecule has 2 aliphatic carbocycles. The zero-order valence-electron chi connectivity index (χ0n) is 31.5. The molecular formula is C53H39N3. The van der Waals surface area contributed by atoms with Gasteiger partial charge in [0.25, 0.3) is 0 Å². The highest BCUT2D eigenvalue weighted by atomic mass is 15.2. The monoisotopic (exact) mass is 717 g/mol. The Morgan fingerprint density at radius 1 is 0.518 bits per heavy atom. The lowest BCUT2D eigenvalue weighted by Gasteiger charge is -2.21. The molecule has 3 nitrogen and oxygen atoms in total. The Hall–Kier alpha value is -6.84. The SMILES string of the molecule is CC1(C)c2ccccc2-c2cc(-c3cccc(-c4cc5ccccc5c5c4c4ccccc4n5-c4nc(C5=CCCC=C5)cc(-c5ccccc5)n4)c3)ccc21. The number of rotatable bonds is 5. The summed E-state index contributed by atoms with van der Waals surface area (Å²) in [4.78, 5) is 10.7. The molecule has 0 atom stereocenters. The maximum atomic E-state index is 5.38.